The lowest BCUT2D eigenvalue weighted by molar-refractivity contribution is -0.164. The molecule has 15 heteroatoms. The van der Waals surface area contributed by atoms with Gasteiger partial charge in [-0.25, -0.2) is 0 Å². The number of carbonyl (C=O) groups is 4. The van der Waals surface area contributed by atoms with Crippen LogP contribution in [0.2, 0.25) is 5.02 Å². The number of nitrogens with one attached hydrogen (secondary N) is 3. The molecule has 3 fully saturated rings. The molecular weight excluding hydrogens is 760 g/mol. The molecule has 1 saturated carbocycles. The molecule has 1 aromatic heterocycles. The van der Waals surface area contributed by atoms with E-state index in [1.807, 2.05) is 12.1 Å². The zero-order valence-corrected chi connectivity index (χ0v) is 33.4. The topological polar surface area (TPSA) is 188 Å². The summed E-state index contributed by atoms with van der Waals surface area (Å²) in [6, 6.07) is 18.1. The maximum Gasteiger partial charge on any atom is 0.278 e. The lowest BCUT2D eigenvalue weighted by Gasteiger charge is -2.63. The standard InChI is InChI=1S/C43H43ClN8O6/c1-42(2)40(43(3,4)41(42)58-30-13-11-28(23-45)32(44)22-30)48-37(55)27-9-7-25(8-10-27)5-6-26-17-19-51(20-18-26)36(54)24-46-29-12-14-33-31(21-29)39(57)52(50-49-33)34-15-16-35(53)47-38(34)56/h7-14,21-22,26,34,40-41,46H,15-20,24H2,1-4H3,(H,48,55)(H,47,53,56). The molecule has 0 bridgehead atoms. The molecule has 14 nitrogen and oxygen atoms in total. The van der Waals surface area contributed by atoms with Gasteiger partial charge in [0.05, 0.1) is 22.5 Å². The number of amides is 4. The first kappa shape index (κ1) is 40.0. The van der Waals surface area contributed by atoms with Crippen molar-refractivity contribution in [2.45, 2.75) is 71.6 Å². The summed E-state index contributed by atoms with van der Waals surface area (Å²) >= 11 is 6.23. The summed E-state index contributed by atoms with van der Waals surface area (Å²) in [5, 5.41) is 26.3. The van der Waals surface area contributed by atoms with E-state index >= 15 is 0 Å². The lowest BCUT2D eigenvalue weighted by Crippen LogP contribution is -2.74. The molecule has 1 unspecified atom stereocenters. The minimum atomic E-state index is -0.925. The predicted octanol–water partition coefficient (Wildman–Crippen LogP) is 4.61. The quantitative estimate of drug-likeness (QED) is 0.168. The molecule has 1 atom stereocenters. The number of nitriles is 1. The highest BCUT2D eigenvalue weighted by molar-refractivity contribution is 6.31. The van der Waals surface area contributed by atoms with Crippen LogP contribution >= 0.6 is 11.6 Å². The number of likely N-dealkylation sites (tertiary alicyclic amines) is 1. The summed E-state index contributed by atoms with van der Waals surface area (Å²) in [6.45, 7) is 9.39. The molecule has 0 radical (unpaired) electrons. The number of halogens is 1. The zero-order chi connectivity index (χ0) is 41.4. The van der Waals surface area contributed by atoms with Crippen molar-refractivity contribution in [1.29, 1.82) is 5.26 Å². The summed E-state index contributed by atoms with van der Waals surface area (Å²) in [5.74, 6) is 6.02. The van der Waals surface area contributed by atoms with E-state index in [4.69, 9.17) is 16.3 Å². The SMILES string of the molecule is CC1(C)C(NC(=O)c2ccc(C#CC3CCN(C(=O)CNc4ccc5nnn(C6CCC(=O)NC6=O)c(=O)c5c4)CC3)cc2)C(C)(C)C1Oc1ccc(C#N)c(Cl)c1. The van der Waals surface area contributed by atoms with Gasteiger partial charge in [0.1, 0.15) is 29.5 Å². The van der Waals surface area contributed by atoms with Gasteiger partial charge < -0.3 is 20.3 Å². The van der Waals surface area contributed by atoms with Crippen molar-refractivity contribution in [2.24, 2.45) is 16.7 Å². The number of rotatable bonds is 8. The molecule has 3 aliphatic rings. The van der Waals surface area contributed by atoms with Gasteiger partial charge in [0.15, 0.2) is 0 Å². The average Bonchev–Trinajstić information content (AvgIpc) is 3.21. The number of ether oxygens (including phenoxy) is 1. The van der Waals surface area contributed by atoms with Crippen LogP contribution in [-0.2, 0) is 14.4 Å². The van der Waals surface area contributed by atoms with E-state index in [0.717, 1.165) is 23.1 Å². The van der Waals surface area contributed by atoms with Crippen LogP contribution < -0.4 is 26.2 Å². The number of imide groups is 1. The molecule has 2 aliphatic heterocycles. The number of nitrogens with zero attached hydrogens (tertiary/aromatic N) is 5. The van der Waals surface area contributed by atoms with Gasteiger partial charge in [-0.1, -0.05) is 56.4 Å². The monoisotopic (exact) mass is 802 g/mol. The molecule has 298 valence electrons. The van der Waals surface area contributed by atoms with Crippen LogP contribution in [0.25, 0.3) is 10.9 Å². The van der Waals surface area contributed by atoms with Crippen molar-refractivity contribution in [2.75, 3.05) is 25.0 Å². The Morgan fingerprint density at radius 1 is 0.983 bits per heavy atom. The van der Waals surface area contributed by atoms with E-state index in [2.05, 4.69) is 71.9 Å². The second kappa shape index (κ2) is 15.9. The largest absolute Gasteiger partial charge is 0.489 e. The van der Waals surface area contributed by atoms with E-state index < -0.39 is 23.4 Å². The molecule has 1 aliphatic carbocycles. The van der Waals surface area contributed by atoms with Gasteiger partial charge in [0.25, 0.3) is 17.4 Å². The molecule has 7 rings (SSSR count). The second-order valence-corrected chi connectivity index (χ2v) is 16.6. The van der Waals surface area contributed by atoms with Crippen LogP contribution in [0.15, 0.2) is 65.5 Å². The van der Waals surface area contributed by atoms with Crippen LogP contribution in [0.1, 0.15) is 80.9 Å². The van der Waals surface area contributed by atoms with Crippen molar-refractivity contribution < 1.29 is 23.9 Å². The minimum absolute atomic E-state index is 0.0274. The summed E-state index contributed by atoms with van der Waals surface area (Å²) in [7, 11) is 0. The molecular formula is C43H43ClN8O6. The maximum absolute atomic E-state index is 13.4. The Balaban J connectivity index is 0.884. The van der Waals surface area contributed by atoms with Gasteiger partial charge in [-0.05, 0) is 73.9 Å². The predicted molar refractivity (Wildman–Crippen MR) is 216 cm³/mol. The van der Waals surface area contributed by atoms with Crippen molar-refractivity contribution in [1.82, 2.24) is 30.5 Å². The summed E-state index contributed by atoms with van der Waals surface area (Å²) in [4.78, 5) is 65.4. The Morgan fingerprint density at radius 3 is 2.38 bits per heavy atom. The number of piperidine rings is 2. The zero-order valence-electron chi connectivity index (χ0n) is 32.6. The smallest absolute Gasteiger partial charge is 0.278 e. The van der Waals surface area contributed by atoms with Crippen molar-refractivity contribution in [3.05, 3.63) is 92.7 Å². The van der Waals surface area contributed by atoms with E-state index in [0.29, 0.717) is 46.2 Å². The first-order valence-electron chi connectivity index (χ1n) is 19.2. The molecule has 0 spiro atoms. The summed E-state index contributed by atoms with van der Waals surface area (Å²) < 4.78 is 7.35. The van der Waals surface area contributed by atoms with Crippen LogP contribution in [0.4, 0.5) is 5.69 Å². The lowest BCUT2D eigenvalue weighted by atomic mass is 9.49. The van der Waals surface area contributed by atoms with Gasteiger partial charge in [-0.3, -0.25) is 29.3 Å². The first-order valence-corrected chi connectivity index (χ1v) is 19.6. The Morgan fingerprint density at radius 2 is 1.71 bits per heavy atom. The third kappa shape index (κ3) is 7.98. The average molecular weight is 803 g/mol. The third-order valence-electron chi connectivity index (χ3n) is 11.5. The highest BCUT2D eigenvalue weighted by Gasteiger charge is 2.64. The van der Waals surface area contributed by atoms with E-state index in [1.54, 1.807) is 53.4 Å². The number of hydrogen-bond donors (Lipinski definition) is 3. The van der Waals surface area contributed by atoms with E-state index in [-0.39, 0.29) is 65.5 Å². The van der Waals surface area contributed by atoms with Crippen LogP contribution in [-0.4, -0.2) is 75.3 Å². The molecule has 58 heavy (non-hydrogen) atoms. The number of anilines is 1. The summed E-state index contributed by atoms with van der Waals surface area (Å²) in [5.41, 5.74) is 1.33. The van der Waals surface area contributed by atoms with Gasteiger partial charge in [0.2, 0.25) is 11.8 Å². The first-order chi connectivity index (χ1) is 27.6. The second-order valence-electron chi connectivity index (χ2n) is 16.2. The number of hydrogen-bond acceptors (Lipinski definition) is 10. The Bertz CT molecular complexity index is 2460. The molecule has 3 aromatic carbocycles. The van der Waals surface area contributed by atoms with Gasteiger partial charge in [0, 0.05) is 65.2 Å². The molecule has 2 saturated heterocycles. The molecule has 3 heterocycles. The van der Waals surface area contributed by atoms with Crippen LogP contribution in [0.5, 0.6) is 5.75 Å². The van der Waals surface area contributed by atoms with Gasteiger partial charge >= 0.3 is 0 Å². The van der Waals surface area contributed by atoms with Crippen LogP contribution in [0.3, 0.4) is 0 Å². The fraction of sp³-hybridized carbons (Fsp3) is 0.395. The molecule has 4 aromatic rings. The highest BCUT2D eigenvalue weighted by Crippen LogP contribution is 2.55. The van der Waals surface area contributed by atoms with E-state index in [1.165, 1.54) is 0 Å². The van der Waals surface area contributed by atoms with E-state index in [9.17, 15) is 29.2 Å². The van der Waals surface area contributed by atoms with Crippen molar-refractivity contribution in [3.8, 4) is 23.7 Å². The Kier molecular flexibility index (Phi) is 11.0. The number of fused-ring (bicyclic) bond motifs is 1. The Hall–Kier alpha value is -6.25. The number of carbonyl (C=O) groups excluding carboxylic acids is 4. The van der Waals surface area contributed by atoms with Crippen molar-refractivity contribution >= 4 is 51.8 Å². The van der Waals surface area contributed by atoms with Crippen molar-refractivity contribution in [3.63, 3.8) is 0 Å². The fourth-order valence-corrected chi connectivity index (χ4v) is 8.76. The summed E-state index contributed by atoms with van der Waals surface area (Å²) in [6.07, 6.45) is 1.50. The highest BCUT2D eigenvalue weighted by atomic mass is 35.5. The van der Waals surface area contributed by atoms with Crippen LogP contribution in [0, 0.1) is 39.9 Å². The number of aromatic nitrogens is 3. The molecule has 3 N–H and O–H groups in total. The Labute approximate surface area is 340 Å². The van der Waals surface area contributed by atoms with Gasteiger partial charge in [-0.15, -0.1) is 5.10 Å². The minimum Gasteiger partial charge on any atom is -0.489 e. The number of benzene rings is 3. The van der Waals surface area contributed by atoms with Gasteiger partial charge in [-0.2, -0.15) is 9.94 Å². The normalized spacial score (nSPS) is 21.1. The maximum atomic E-state index is 13.4. The molecule has 4 amide bonds. The fourth-order valence-electron chi connectivity index (χ4n) is 8.55. The third-order valence-corrected chi connectivity index (χ3v) is 11.8.